The maximum Gasteiger partial charge on any atom is 0.0702 e. The Morgan fingerprint density at radius 2 is 1.94 bits per heavy atom. The van der Waals surface area contributed by atoms with Crippen LogP contribution in [0, 0.1) is 13.8 Å². The molecule has 0 spiro atoms. The number of thiophene rings is 1. The molecule has 1 aromatic carbocycles. The Kier molecular flexibility index (Phi) is 3.66. The van der Waals surface area contributed by atoms with E-state index in [-0.39, 0.29) is 0 Å². The zero-order chi connectivity index (χ0) is 11.5. The number of aryl methyl sites for hydroxylation is 2. The molecule has 1 N–H and O–H groups in total. The van der Waals surface area contributed by atoms with Gasteiger partial charge in [-0.2, -0.15) is 0 Å². The third-order valence-electron chi connectivity index (χ3n) is 2.60. The maximum atomic E-state index is 3.47. The van der Waals surface area contributed by atoms with Gasteiger partial charge >= 0.3 is 0 Å². The molecule has 1 heterocycles. The zero-order valence-corrected chi connectivity index (χ0v) is 11.8. The molecule has 84 valence electrons. The van der Waals surface area contributed by atoms with E-state index in [9.17, 15) is 0 Å². The van der Waals surface area contributed by atoms with Crippen molar-refractivity contribution in [2.45, 2.75) is 20.4 Å². The maximum absolute atomic E-state index is 3.47. The molecular weight excluding hydrogens is 282 g/mol. The van der Waals surface area contributed by atoms with E-state index in [2.05, 4.69) is 65.4 Å². The van der Waals surface area contributed by atoms with E-state index >= 15 is 0 Å². The molecule has 0 aliphatic rings. The quantitative estimate of drug-likeness (QED) is 0.862. The van der Waals surface area contributed by atoms with Crippen LogP contribution in [0.5, 0.6) is 0 Å². The Labute approximate surface area is 109 Å². The first-order chi connectivity index (χ1) is 7.65. The van der Waals surface area contributed by atoms with Crippen LogP contribution in [0.15, 0.2) is 34.1 Å². The average Bonchev–Trinajstić information content (AvgIpc) is 2.66. The van der Waals surface area contributed by atoms with E-state index in [0.717, 1.165) is 6.54 Å². The molecule has 0 fully saturated rings. The molecule has 0 unspecified atom stereocenters. The number of nitrogens with one attached hydrogen (secondary N) is 1. The number of halogens is 1. The Morgan fingerprint density at radius 1 is 1.12 bits per heavy atom. The van der Waals surface area contributed by atoms with Gasteiger partial charge in [0.2, 0.25) is 0 Å². The Bertz CT molecular complexity index is 490. The molecule has 2 rings (SSSR count). The van der Waals surface area contributed by atoms with Gasteiger partial charge in [-0.3, -0.25) is 0 Å². The van der Waals surface area contributed by atoms with Crippen molar-refractivity contribution in [1.29, 1.82) is 0 Å². The smallest absolute Gasteiger partial charge is 0.0702 e. The Balaban J connectivity index is 2.02. The van der Waals surface area contributed by atoms with Crippen molar-refractivity contribution in [1.82, 2.24) is 0 Å². The molecule has 0 radical (unpaired) electrons. The topological polar surface area (TPSA) is 12.0 Å². The van der Waals surface area contributed by atoms with Crippen LogP contribution in [0.3, 0.4) is 0 Å². The highest BCUT2D eigenvalue weighted by Crippen LogP contribution is 2.23. The van der Waals surface area contributed by atoms with Crippen LogP contribution in [0.4, 0.5) is 5.69 Å². The first-order valence-electron chi connectivity index (χ1n) is 5.20. The van der Waals surface area contributed by atoms with Crippen LogP contribution >= 0.6 is 27.3 Å². The summed E-state index contributed by atoms with van der Waals surface area (Å²) in [6, 6.07) is 10.7. The minimum Gasteiger partial charge on any atom is -0.380 e. The van der Waals surface area contributed by atoms with E-state index in [4.69, 9.17) is 0 Å². The zero-order valence-electron chi connectivity index (χ0n) is 9.38. The SMILES string of the molecule is Cc1ccc(NCc2ccc(Br)s2)cc1C. The molecule has 0 amide bonds. The van der Waals surface area contributed by atoms with Gasteiger partial charge in [-0.25, -0.2) is 0 Å². The molecule has 0 saturated carbocycles. The lowest BCUT2D eigenvalue weighted by molar-refractivity contribution is 1.18. The van der Waals surface area contributed by atoms with E-state index in [1.165, 1.54) is 25.5 Å². The second-order valence-corrected chi connectivity index (χ2v) is 6.41. The molecule has 16 heavy (non-hydrogen) atoms. The molecule has 1 aromatic heterocycles. The van der Waals surface area contributed by atoms with Gasteiger partial charge < -0.3 is 5.32 Å². The average molecular weight is 296 g/mol. The van der Waals surface area contributed by atoms with Crippen LogP contribution in [-0.4, -0.2) is 0 Å². The van der Waals surface area contributed by atoms with Crippen LogP contribution < -0.4 is 5.32 Å². The van der Waals surface area contributed by atoms with E-state index in [1.54, 1.807) is 11.3 Å². The molecule has 0 bridgehead atoms. The van der Waals surface area contributed by atoms with Gasteiger partial charge in [0.15, 0.2) is 0 Å². The second-order valence-electron chi connectivity index (χ2n) is 3.86. The monoisotopic (exact) mass is 295 g/mol. The van der Waals surface area contributed by atoms with Gasteiger partial charge in [-0.15, -0.1) is 11.3 Å². The molecule has 0 saturated heterocycles. The predicted molar refractivity (Wildman–Crippen MR) is 75.3 cm³/mol. The first kappa shape index (κ1) is 11.7. The lowest BCUT2D eigenvalue weighted by atomic mass is 10.1. The molecule has 0 aliphatic heterocycles. The molecule has 1 nitrogen and oxygen atoms in total. The summed E-state index contributed by atoms with van der Waals surface area (Å²) < 4.78 is 1.18. The summed E-state index contributed by atoms with van der Waals surface area (Å²) in [6.45, 7) is 5.16. The summed E-state index contributed by atoms with van der Waals surface area (Å²) >= 11 is 5.24. The van der Waals surface area contributed by atoms with Crippen LogP contribution in [0.25, 0.3) is 0 Å². The normalized spacial score (nSPS) is 10.4. The van der Waals surface area contributed by atoms with Crippen molar-refractivity contribution in [2.75, 3.05) is 5.32 Å². The fraction of sp³-hybridized carbons (Fsp3) is 0.231. The highest BCUT2D eigenvalue weighted by Gasteiger charge is 1.99. The van der Waals surface area contributed by atoms with Gasteiger partial charge in [0.05, 0.1) is 3.79 Å². The van der Waals surface area contributed by atoms with E-state index in [0.29, 0.717) is 0 Å². The highest BCUT2D eigenvalue weighted by molar-refractivity contribution is 9.11. The summed E-state index contributed by atoms with van der Waals surface area (Å²) in [5.41, 5.74) is 3.86. The predicted octanol–water partition coefficient (Wildman–Crippen LogP) is 4.74. The van der Waals surface area contributed by atoms with Crippen molar-refractivity contribution >= 4 is 33.0 Å². The van der Waals surface area contributed by atoms with Gasteiger partial charge in [0, 0.05) is 17.1 Å². The number of rotatable bonds is 3. The lowest BCUT2D eigenvalue weighted by Crippen LogP contribution is -1.97. The summed E-state index contributed by atoms with van der Waals surface area (Å²) in [4.78, 5) is 1.34. The summed E-state index contributed by atoms with van der Waals surface area (Å²) in [6.07, 6.45) is 0. The largest absolute Gasteiger partial charge is 0.380 e. The first-order valence-corrected chi connectivity index (χ1v) is 6.81. The van der Waals surface area contributed by atoms with Gasteiger partial charge in [0.25, 0.3) is 0 Å². The molecule has 0 aliphatic carbocycles. The van der Waals surface area contributed by atoms with Crippen molar-refractivity contribution in [3.63, 3.8) is 0 Å². The fourth-order valence-corrected chi connectivity index (χ4v) is 2.91. The van der Waals surface area contributed by atoms with E-state index in [1.807, 2.05) is 0 Å². The summed E-state index contributed by atoms with van der Waals surface area (Å²) in [5, 5.41) is 3.43. The summed E-state index contributed by atoms with van der Waals surface area (Å²) in [5.74, 6) is 0. The van der Waals surface area contributed by atoms with Crippen molar-refractivity contribution < 1.29 is 0 Å². The van der Waals surface area contributed by atoms with E-state index < -0.39 is 0 Å². The molecule has 2 aromatic rings. The number of hydrogen-bond acceptors (Lipinski definition) is 2. The van der Waals surface area contributed by atoms with Crippen LogP contribution in [-0.2, 0) is 6.54 Å². The van der Waals surface area contributed by atoms with Crippen LogP contribution in [0.2, 0.25) is 0 Å². The van der Waals surface area contributed by atoms with Gasteiger partial charge in [-0.05, 0) is 65.2 Å². The van der Waals surface area contributed by atoms with Crippen molar-refractivity contribution in [3.05, 3.63) is 50.1 Å². The lowest BCUT2D eigenvalue weighted by Gasteiger charge is -2.07. The second kappa shape index (κ2) is 5.02. The third-order valence-corrected chi connectivity index (χ3v) is 4.23. The molecule has 0 atom stereocenters. The Morgan fingerprint density at radius 3 is 2.56 bits per heavy atom. The van der Waals surface area contributed by atoms with Gasteiger partial charge in [0.1, 0.15) is 0 Å². The minimum atomic E-state index is 0.888. The number of hydrogen-bond donors (Lipinski definition) is 1. The molecular formula is C13H14BrNS. The van der Waals surface area contributed by atoms with Crippen molar-refractivity contribution in [2.24, 2.45) is 0 Å². The van der Waals surface area contributed by atoms with Crippen LogP contribution in [0.1, 0.15) is 16.0 Å². The third kappa shape index (κ3) is 2.86. The number of anilines is 1. The van der Waals surface area contributed by atoms with Crippen molar-refractivity contribution in [3.8, 4) is 0 Å². The fourth-order valence-electron chi connectivity index (χ4n) is 1.49. The standard InChI is InChI=1S/C13H14BrNS/c1-9-3-4-11(7-10(9)2)15-8-12-5-6-13(14)16-12/h3-7,15H,8H2,1-2H3. The summed E-state index contributed by atoms with van der Waals surface area (Å²) in [7, 11) is 0. The number of benzene rings is 1. The highest BCUT2D eigenvalue weighted by atomic mass is 79.9. The minimum absolute atomic E-state index is 0.888. The Hall–Kier alpha value is -0.800. The van der Waals surface area contributed by atoms with Gasteiger partial charge in [-0.1, -0.05) is 6.07 Å². The molecule has 3 heteroatoms.